The van der Waals surface area contributed by atoms with Crippen molar-refractivity contribution >= 4 is 12.1 Å². The highest BCUT2D eigenvalue weighted by atomic mass is 16.2. The summed E-state index contributed by atoms with van der Waals surface area (Å²) in [4.78, 5) is 26.4. The molecular formula is C9H16N4O2. The SMILES string of the molecule is CC[C@H](C)N1C(=O)N(C)[C@H]2NC(=O)N[C@@H]21. The van der Waals surface area contributed by atoms with Gasteiger partial charge in [-0.05, 0) is 13.3 Å². The van der Waals surface area contributed by atoms with Crippen molar-refractivity contribution in [2.45, 2.75) is 38.6 Å². The van der Waals surface area contributed by atoms with Crippen LogP contribution < -0.4 is 10.6 Å². The van der Waals surface area contributed by atoms with Crippen molar-refractivity contribution in [1.29, 1.82) is 0 Å². The Morgan fingerprint density at radius 1 is 1.33 bits per heavy atom. The minimum atomic E-state index is -0.237. The van der Waals surface area contributed by atoms with Crippen LogP contribution in [-0.4, -0.2) is 47.3 Å². The maximum atomic E-state index is 11.9. The molecule has 2 saturated heterocycles. The number of rotatable bonds is 2. The zero-order chi connectivity index (χ0) is 11.2. The largest absolute Gasteiger partial charge is 0.323 e. The Labute approximate surface area is 88.6 Å². The molecule has 2 N–H and O–H groups in total. The van der Waals surface area contributed by atoms with Crippen LogP contribution in [0.5, 0.6) is 0 Å². The molecule has 6 nitrogen and oxygen atoms in total. The van der Waals surface area contributed by atoms with Crippen LogP contribution in [0.1, 0.15) is 20.3 Å². The molecule has 84 valence electrons. The van der Waals surface area contributed by atoms with Crippen LogP contribution in [0.2, 0.25) is 0 Å². The molecule has 0 aromatic carbocycles. The molecule has 3 atom stereocenters. The van der Waals surface area contributed by atoms with E-state index in [4.69, 9.17) is 0 Å². The first kappa shape index (κ1) is 10.1. The van der Waals surface area contributed by atoms with Crippen molar-refractivity contribution in [2.24, 2.45) is 0 Å². The molecule has 0 bridgehead atoms. The van der Waals surface area contributed by atoms with Crippen molar-refractivity contribution < 1.29 is 9.59 Å². The number of amides is 4. The fourth-order valence-corrected chi connectivity index (χ4v) is 2.08. The third-order valence-electron chi connectivity index (χ3n) is 3.16. The molecule has 4 amide bonds. The summed E-state index contributed by atoms with van der Waals surface area (Å²) < 4.78 is 0. The highest BCUT2D eigenvalue weighted by molar-refractivity contribution is 5.84. The van der Waals surface area contributed by atoms with Crippen molar-refractivity contribution in [3.63, 3.8) is 0 Å². The van der Waals surface area contributed by atoms with E-state index in [2.05, 4.69) is 10.6 Å². The van der Waals surface area contributed by atoms with Crippen LogP contribution in [0.3, 0.4) is 0 Å². The lowest BCUT2D eigenvalue weighted by Crippen LogP contribution is -2.47. The molecule has 2 heterocycles. The minimum Gasteiger partial charge on any atom is -0.314 e. The van der Waals surface area contributed by atoms with E-state index in [1.165, 1.54) is 0 Å². The number of likely N-dealkylation sites (N-methyl/N-ethyl adjacent to an activating group) is 1. The predicted molar refractivity (Wildman–Crippen MR) is 54.0 cm³/mol. The third-order valence-corrected chi connectivity index (χ3v) is 3.16. The van der Waals surface area contributed by atoms with Gasteiger partial charge in [-0.25, -0.2) is 9.59 Å². The van der Waals surface area contributed by atoms with Gasteiger partial charge in [0.05, 0.1) is 0 Å². The van der Waals surface area contributed by atoms with Gasteiger partial charge in [0.15, 0.2) is 0 Å². The zero-order valence-electron chi connectivity index (χ0n) is 9.15. The number of urea groups is 2. The molecule has 0 aliphatic carbocycles. The zero-order valence-corrected chi connectivity index (χ0v) is 9.15. The number of fused-ring (bicyclic) bond motifs is 1. The van der Waals surface area contributed by atoms with E-state index in [9.17, 15) is 9.59 Å². The van der Waals surface area contributed by atoms with E-state index in [0.717, 1.165) is 6.42 Å². The van der Waals surface area contributed by atoms with E-state index in [1.54, 1.807) is 16.8 Å². The van der Waals surface area contributed by atoms with E-state index in [-0.39, 0.29) is 30.4 Å². The fraction of sp³-hybridized carbons (Fsp3) is 0.778. The van der Waals surface area contributed by atoms with Gasteiger partial charge in [-0.3, -0.25) is 4.90 Å². The van der Waals surface area contributed by atoms with Gasteiger partial charge in [0.1, 0.15) is 12.3 Å². The maximum absolute atomic E-state index is 11.9. The summed E-state index contributed by atoms with van der Waals surface area (Å²) in [6.07, 6.45) is 0.405. The number of carbonyl (C=O) groups excluding carboxylic acids is 2. The first-order valence-electron chi connectivity index (χ1n) is 5.18. The summed E-state index contributed by atoms with van der Waals surface area (Å²) in [6, 6.07) is -0.111. The number of hydrogen-bond acceptors (Lipinski definition) is 2. The molecule has 6 heteroatoms. The smallest absolute Gasteiger partial charge is 0.314 e. The first-order valence-corrected chi connectivity index (χ1v) is 5.18. The van der Waals surface area contributed by atoms with Crippen LogP contribution in [-0.2, 0) is 0 Å². The molecule has 2 rings (SSSR count). The van der Waals surface area contributed by atoms with Crippen molar-refractivity contribution in [3.05, 3.63) is 0 Å². The van der Waals surface area contributed by atoms with Crippen LogP contribution in [0.4, 0.5) is 9.59 Å². The Bertz CT molecular complexity index is 306. The van der Waals surface area contributed by atoms with Gasteiger partial charge in [0, 0.05) is 13.1 Å². The second kappa shape index (κ2) is 3.29. The molecule has 0 radical (unpaired) electrons. The second-order valence-electron chi connectivity index (χ2n) is 4.07. The van der Waals surface area contributed by atoms with Crippen LogP contribution in [0.15, 0.2) is 0 Å². The van der Waals surface area contributed by atoms with Gasteiger partial charge in [0.25, 0.3) is 0 Å². The van der Waals surface area contributed by atoms with Gasteiger partial charge in [-0.2, -0.15) is 0 Å². The first-order chi connectivity index (χ1) is 7.06. The Kier molecular flexibility index (Phi) is 2.21. The summed E-state index contributed by atoms with van der Waals surface area (Å²) >= 11 is 0. The van der Waals surface area contributed by atoms with Crippen LogP contribution >= 0.6 is 0 Å². The Hall–Kier alpha value is -1.46. The molecule has 0 unspecified atom stereocenters. The lowest BCUT2D eigenvalue weighted by atomic mass is 10.2. The van der Waals surface area contributed by atoms with E-state index in [0.29, 0.717) is 0 Å². The van der Waals surface area contributed by atoms with Crippen LogP contribution in [0, 0.1) is 0 Å². The quantitative estimate of drug-likeness (QED) is 0.682. The van der Waals surface area contributed by atoms with E-state index in [1.807, 2.05) is 13.8 Å². The third kappa shape index (κ3) is 1.32. The van der Waals surface area contributed by atoms with Gasteiger partial charge < -0.3 is 15.5 Å². The number of carbonyl (C=O) groups is 2. The average molecular weight is 212 g/mol. The summed E-state index contributed by atoms with van der Waals surface area (Å²) in [5.74, 6) is 0. The number of nitrogens with one attached hydrogen (secondary N) is 2. The normalized spacial score (nSPS) is 31.4. The van der Waals surface area contributed by atoms with Gasteiger partial charge >= 0.3 is 12.1 Å². The van der Waals surface area contributed by atoms with Crippen LogP contribution in [0.25, 0.3) is 0 Å². The molecule has 15 heavy (non-hydrogen) atoms. The Balaban J connectivity index is 2.24. The summed E-state index contributed by atoms with van der Waals surface area (Å²) in [5, 5.41) is 5.47. The number of nitrogens with zero attached hydrogens (tertiary/aromatic N) is 2. The Morgan fingerprint density at radius 2 is 1.93 bits per heavy atom. The lowest BCUT2D eigenvalue weighted by molar-refractivity contribution is 0.164. The molecule has 0 spiro atoms. The highest BCUT2D eigenvalue weighted by Crippen LogP contribution is 2.24. The van der Waals surface area contributed by atoms with E-state index < -0.39 is 0 Å². The van der Waals surface area contributed by atoms with Crippen molar-refractivity contribution in [3.8, 4) is 0 Å². The average Bonchev–Trinajstić information content (AvgIpc) is 2.66. The summed E-state index contributed by atoms with van der Waals surface area (Å²) in [5.41, 5.74) is 0. The molecule has 2 fully saturated rings. The fourth-order valence-electron chi connectivity index (χ4n) is 2.08. The molecule has 0 aromatic rings. The standard InChI is InChI=1S/C9H16N4O2/c1-4-5(2)13-7-6(10-8(14)11-7)12(3)9(13)15/h5-7H,4H2,1-3H3,(H2,10,11,14)/t5-,6+,7+/m0/s1. The lowest BCUT2D eigenvalue weighted by Gasteiger charge is -2.27. The molecule has 0 aromatic heterocycles. The molecule has 2 aliphatic heterocycles. The van der Waals surface area contributed by atoms with Gasteiger partial charge in [-0.15, -0.1) is 0 Å². The molecule has 0 saturated carbocycles. The number of hydrogen-bond donors (Lipinski definition) is 2. The summed E-state index contributed by atoms with van der Waals surface area (Å²) in [7, 11) is 1.70. The molecule has 2 aliphatic rings. The van der Waals surface area contributed by atoms with Crippen molar-refractivity contribution in [2.75, 3.05) is 7.05 Å². The van der Waals surface area contributed by atoms with Crippen molar-refractivity contribution in [1.82, 2.24) is 20.4 Å². The van der Waals surface area contributed by atoms with Gasteiger partial charge in [0.2, 0.25) is 0 Å². The predicted octanol–water partition coefficient (Wildman–Crippen LogP) is 0.117. The Morgan fingerprint density at radius 3 is 2.53 bits per heavy atom. The highest BCUT2D eigenvalue weighted by Gasteiger charge is 2.50. The topological polar surface area (TPSA) is 64.7 Å². The maximum Gasteiger partial charge on any atom is 0.323 e. The second-order valence-corrected chi connectivity index (χ2v) is 4.07. The molecular weight excluding hydrogens is 196 g/mol. The van der Waals surface area contributed by atoms with Gasteiger partial charge in [-0.1, -0.05) is 6.92 Å². The minimum absolute atomic E-state index is 0.0353. The summed E-state index contributed by atoms with van der Waals surface area (Å²) in [6.45, 7) is 4.01. The monoisotopic (exact) mass is 212 g/mol. The van der Waals surface area contributed by atoms with E-state index >= 15 is 0 Å².